The van der Waals surface area contributed by atoms with Crippen molar-refractivity contribution in [2.75, 3.05) is 56.6 Å². The van der Waals surface area contributed by atoms with Crippen LogP contribution in [0, 0.1) is 12.7 Å². The molecular weight excluding hydrogens is 508 g/mol. The zero-order valence-corrected chi connectivity index (χ0v) is 22.2. The number of aryl methyl sites for hydroxylation is 1. The van der Waals surface area contributed by atoms with Crippen molar-refractivity contribution in [3.8, 4) is 5.75 Å². The zero-order chi connectivity index (χ0) is 26.7. The van der Waals surface area contributed by atoms with Crippen LogP contribution in [0.4, 0.5) is 27.5 Å². The lowest BCUT2D eigenvalue weighted by Gasteiger charge is -2.35. The second-order valence-corrected chi connectivity index (χ2v) is 11.6. The molecule has 1 aliphatic heterocycles. The molecule has 10 nitrogen and oxygen atoms in total. The summed E-state index contributed by atoms with van der Waals surface area (Å²) < 4.78 is 34.3. The van der Waals surface area contributed by atoms with Crippen LogP contribution in [0.25, 0.3) is 10.9 Å². The van der Waals surface area contributed by atoms with E-state index in [1.165, 1.54) is 6.66 Å². The molecule has 12 heteroatoms. The first-order valence-electron chi connectivity index (χ1n) is 12.4. The first-order valence-corrected chi connectivity index (χ1v) is 14.5. The maximum atomic E-state index is 15.0. The molecule has 38 heavy (non-hydrogen) atoms. The normalized spacial score (nSPS) is 16.3. The fraction of sp³-hybridized carbons (Fsp3) is 0.308. The third kappa shape index (κ3) is 6.31. The third-order valence-electron chi connectivity index (χ3n) is 6.43. The smallest absolute Gasteiger partial charge is 0.266 e. The van der Waals surface area contributed by atoms with Gasteiger partial charge >= 0.3 is 0 Å². The fourth-order valence-corrected chi connectivity index (χ4v) is 5.37. The third-order valence-corrected chi connectivity index (χ3v) is 7.88. The van der Waals surface area contributed by atoms with E-state index in [-0.39, 0.29) is 5.82 Å². The van der Waals surface area contributed by atoms with Gasteiger partial charge in [0.1, 0.15) is 18.2 Å². The molecule has 4 N–H and O–H groups in total. The average molecular weight is 540 g/mol. The van der Waals surface area contributed by atoms with Crippen molar-refractivity contribution in [1.82, 2.24) is 24.5 Å². The largest absolute Gasteiger partial charge is 0.492 e. The summed E-state index contributed by atoms with van der Waals surface area (Å²) in [6.45, 7) is 7.11. The highest BCUT2D eigenvalue weighted by molar-refractivity contribution is 7.54. The van der Waals surface area contributed by atoms with Gasteiger partial charge in [-0.15, -0.1) is 0 Å². The number of benzene rings is 2. The minimum Gasteiger partial charge on any atom is -0.492 e. The Balaban J connectivity index is 1.16. The van der Waals surface area contributed by atoms with E-state index >= 15 is 0 Å². The molecule has 0 amide bonds. The number of rotatable bonds is 9. The van der Waals surface area contributed by atoms with Gasteiger partial charge in [-0.05, 0) is 43.3 Å². The van der Waals surface area contributed by atoms with E-state index in [1.54, 1.807) is 29.1 Å². The number of nitrogens with zero attached hydrogens (tertiary/aromatic N) is 4. The molecule has 1 atom stereocenters. The first-order chi connectivity index (χ1) is 18.2. The van der Waals surface area contributed by atoms with Crippen LogP contribution in [0.15, 0.2) is 54.7 Å². The minimum atomic E-state index is -3.17. The van der Waals surface area contributed by atoms with Gasteiger partial charge in [-0.2, -0.15) is 4.98 Å². The molecule has 0 saturated carbocycles. The van der Waals surface area contributed by atoms with Gasteiger partial charge in [-0.25, -0.2) is 14.0 Å². The molecule has 1 fully saturated rings. The molecule has 4 aromatic rings. The van der Waals surface area contributed by atoms with Crippen LogP contribution in [-0.2, 0) is 4.57 Å². The SMILES string of the molecule is Cc1cc2c(F)c(Nc3ccnc(Nc4cccc(OCCN5CCN(P(C)(=O)O)CC5)c4)n3)ccc2[nH]1. The summed E-state index contributed by atoms with van der Waals surface area (Å²) in [4.78, 5) is 23.8. The monoisotopic (exact) mass is 539 g/mol. The van der Waals surface area contributed by atoms with Crippen LogP contribution in [-0.4, -0.2) is 75.4 Å². The zero-order valence-electron chi connectivity index (χ0n) is 21.3. The number of aromatic amines is 1. The van der Waals surface area contributed by atoms with Crippen molar-refractivity contribution in [1.29, 1.82) is 0 Å². The number of aromatic nitrogens is 3. The number of nitrogens with one attached hydrogen (secondary N) is 3. The summed E-state index contributed by atoms with van der Waals surface area (Å²) >= 11 is 0. The highest BCUT2D eigenvalue weighted by Crippen LogP contribution is 2.40. The molecule has 5 rings (SSSR count). The molecule has 1 saturated heterocycles. The molecule has 0 aliphatic carbocycles. The second-order valence-electron chi connectivity index (χ2n) is 9.36. The molecule has 0 spiro atoms. The van der Waals surface area contributed by atoms with Crippen LogP contribution >= 0.6 is 7.52 Å². The van der Waals surface area contributed by atoms with Crippen molar-refractivity contribution in [3.63, 3.8) is 0 Å². The van der Waals surface area contributed by atoms with E-state index in [0.29, 0.717) is 48.3 Å². The number of H-pyrrole nitrogens is 1. The Morgan fingerprint density at radius 1 is 1.13 bits per heavy atom. The van der Waals surface area contributed by atoms with E-state index < -0.39 is 7.52 Å². The Hall–Kier alpha value is -3.50. The van der Waals surface area contributed by atoms with Crippen molar-refractivity contribution in [3.05, 3.63) is 66.2 Å². The minimum absolute atomic E-state index is 0.332. The number of piperazine rings is 1. The van der Waals surface area contributed by atoms with Gasteiger partial charge in [0.05, 0.1) is 5.69 Å². The van der Waals surface area contributed by atoms with Crippen LogP contribution < -0.4 is 15.4 Å². The Bertz CT molecular complexity index is 1470. The summed E-state index contributed by atoms with van der Waals surface area (Å²) in [6.07, 6.45) is 1.60. The molecule has 2 aromatic carbocycles. The maximum Gasteiger partial charge on any atom is 0.266 e. The maximum absolute atomic E-state index is 15.0. The first kappa shape index (κ1) is 26.1. The Labute approximate surface area is 220 Å². The highest BCUT2D eigenvalue weighted by atomic mass is 31.2. The van der Waals surface area contributed by atoms with Crippen LogP contribution in [0.1, 0.15) is 5.69 Å². The molecule has 0 bridgehead atoms. The lowest BCUT2D eigenvalue weighted by atomic mass is 10.2. The lowest BCUT2D eigenvalue weighted by Crippen LogP contribution is -2.45. The van der Waals surface area contributed by atoms with Crippen LogP contribution in [0.5, 0.6) is 5.75 Å². The number of anilines is 4. The fourth-order valence-electron chi connectivity index (χ4n) is 4.45. The van der Waals surface area contributed by atoms with Gasteiger partial charge in [-0.1, -0.05) is 6.07 Å². The van der Waals surface area contributed by atoms with Gasteiger partial charge in [0, 0.05) is 73.9 Å². The Morgan fingerprint density at radius 2 is 1.95 bits per heavy atom. The summed E-state index contributed by atoms with van der Waals surface area (Å²) in [6, 6.07) is 14.5. The van der Waals surface area contributed by atoms with Crippen molar-refractivity contribution in [2.24, 2.45) is 0 Å². The topological polar surface area (TPSA) is 119 Å². The van der Waals surface area contributed by atoms with E-state index in [1.807, 2.05) is 37.3 Å². The summed E-state index contributed by atoms with van der Waals surface area (Å²) in [5.41, 5.74) is 2.73. The standard InChI is InChI=1S/C26H31FN7O3P/c1-18-16-21-22(29-18)6-7-23(25(21)27)31-24-8-9-28-26(32-24)30-19-4-3-5-20(17-19)37-15-14-33-10-12-34(13-11-33)38(2,35)36/h3-9,16-17,29H,10-15H2,1-2H3,(H,35,36)(H2,28,30,31,32). The van der Waals surface area contributed by atoms with Crippen LogP contribution in [0.3, 0.4) is 0 Å². The van der Waals surface area contributed by atoms with Gasteiger partial charge < -0.3 is 25.2 Å². The van der Waals surface area contributed by atoms with Crippen molar-refractivity contribution in [2.45, 2.75) is 6.92 Å². The van der Waals surface area contributed by atoms with E-state index in [4.69, 9.17) is 4.74 Å². The Kier molecular flexibility index (Phi) is 7.62. The van der Waals surface area contributed by atoms with E-state index in [2.05, 4.69) is 30.5 Å². The molecule has 0 radical (unpaired) electrons. The Morgan fingerprint density at radius 3 is 2.74 bits per heavy atom. The number of halogens is 1. The van der Waals surface area contributed by atoms with Gasteiger partial charge in [-0.3, -0.25) is 9.46 Å². The highest BCUT2D eigenvalue weighted by Gasteiger charge is 2.26. The van der Waals surface area contributed by atoms with Gasteiger partial charge in [0.25, 0.3) is 7.52 Å². The predicted molar refractivity (Wildman–Crippen MR) is 147 cm³/mol. The number of fused-ring (bicyclic) bond motifs is 1. The second kappa shape index (κ2) is 11.1. The van der Waals surface area contributed by atoms with Gasteiger partial charge in [0.2, 0.25) is 5.95 Å². The lowest BCUT2D eigenvalue weighted by molar-refractivity contribution is 0.152. The van der Waals surface area contributed by atoms with E-state index in [9.17, 15) is 13.8 Å². The van der Waals surface area contributed by atoms with Crippen LogP contribution in [0.2, 0.25) is 0 Å². The molecule has 2 aromatic heterocycles. The average Bonchev–Trinajstić information content (AvgIpc) is 3.27. The summed E-state index contributed by atoms with van der Waals surface area (Å²) in [7, 11) is -3.17. The quantitative estimate of drug-likeness (QED) is 0.224. The van der Waals surface area contributed by atoms with Crippen molar-refractivity contribution < 1.29 is 18.6 Å². The number of hydrogen-bond acceptors (Lipinski definition) is 7. The molecule has 1 aliphatic rings. The van der Waals surface area contributed by atoms with Gasteiger partial charge in [0.15, 0.2) is 5.82 Å². The molecule has 1 unspecified atom stereocenters. The number of ether oxygens (including phenoxy) is 1. The molecule has 200 valence electrons. The molecule has 3 heterocycles. The summed E-state index contributed by atoms with van der Waals surface area (Å²) in [5, 5.41) is 6.73. The number of hydrogen-bond donors (Lipinski definition) is 4. The predicted octanol–water partition coefficient (Wildman–Crippen LogP) is 4.70. The van der Waals surface area contributed by atoms with E-state index in [0.717, 1.165) is 36.5 Å². The molecular formula is C26H31FN7O3P. The summed E-state index contributed by atoms with van der Waals surface area (Å²) in [5.74, 6) is 1.18. The van der Waals surface area contributed by atoms with Crippen molar-refractivity contribution >= 4 is 41.6 Å².